The molecular weight excluding hydrogens is 417 g/mol. The number of ether oxygens (including phenoxy) is 2. The predicted octanol–water partition coefficient (Wildman–Crippen LogP) is 2.18. The van der Waals surface area contributed by atoms with Crippen LogP contribution in [-0.4, -0.2) is 80.2 Å². The van der Waals surface area contributed by atoms with E-state index >= 15 is 0 Å². The quantitative estimate of drug-likeness (QED) is 0.740. The summed E-state index contributed by atoms with van der Waals surface area (Å²) in [5.41, 5.74) is 0.798. The van der Waals surface area contributed by atoms with Crippen LogP contribution in [0.4, 0.5) is 13.2 Å². The number of carboxylic acid groups (broad SMARTS) is 1. The maximum atomic E-state index is 12.4. The number of carbonyl (C=O) groups is 2. The molecule has 0 aromatic heterocycles. The maximum absolute atomic E-state index is 12.4. The number of hydrogen-bond acceptors (Lipinski definition) is 5. The Labute approximate surface area is 178 Å². The average Bonchev–Trinajstić information content (AvgIpc) is 3.31. The second kappa shape index (κ2) is 9.97. The van der Waals surface area contributed by atoms with Gasteiger partial charge in [-0.1, -0.05) is 18.2 Å². The van der Waals surface area contributed by atoms with Crippen LogP contribution in [0.3, 0.4) is 0 Å². The predicted molar refractivity (Wildman–Crippen MR) is 105 cm³/mol. The lowest BCUT2D eigenvalue weighted by atomic mass is 9.81. The molecule has 0 saturated carbocycles. The first-order valence-electron chi connectivity index (χ1n) is 10.2. The van der Waals surface area contributed by atoms with Crippen LogP contribution < -0.4 is 5.32 Å². The number of benzene rings is 1. The van der Waals surface area contributed by atoms with Crippen LogP contribution in [0.5, 0.6) is 0 Å². The number of carboxylic acids is 1. The van der Waals surface area contributed by atoms with Gasteiger partial charge in [0.15, 0.2) is 0 Å². The van der Waals surface area contributed by atoms with Crippen molar-refractivity contribution in [2.45, 2.75) is 25.1 Å². The van der Waals surface area contributed by atoms with Crippen molar-refractivity contribution < 1.29 is 37.3 Å². The van der Waals surface area contributed by atoms with Gasteiger partial charge in [0.25, 0.3) is 5.91 Å². The maximum Gasteiger partial charge on any atom is 0.490 e. The molecule has 4 rings (SSSR count). The minimum Gasteiger partial charge on any atom is -0.475 e. The Morgan fingerprint density at radius 1 is 1.16 bits per heavy atom. The number of rotatable bonds is 4. The van der Waals surface area contributed by atoms with Crippen LogP contribution in [0.25, 0.3) is 0 Å². The van der Waals surface area contributed by atoms with Crippen molar-refractivity contribution in [2.75, 3.05) is 46.1 Å². The first-order chi connectivity index (χ1) is 14.7. The monoisotopic (exact) mass is 444 g/mol. The molecule has 3 saturated heterocycles. The van der Waals surface area contributed by atoms with E-state index in [9.17, 15) is 18.0 Å². The van der Waals surface area contributed by atoms with E-state index in [0.29, 0.717) is 18.5 Å². The molecule has 7 nitrogen and oxygen atoms in total. The number of alkyl halides is 3. The molecule has 172 valence electrons. The van der Waals surface area contributed by atoms with Crippen molar-refractivity contribution >= 4 is 11.9 Å². The van der Waals surface area contributed by atoms with Gasteiger partial charge in [-0.05, 0) is 25.0 Å². The molecule has 2 N–H and O–H groups in total. The first-order valence-corrected chi connectivity index (χ1v) is 10.2. The molecule has 1 aromatic carbocycles. The molecule has 3 aliphatic rings. The van der Waals surface area contributed by atoms with Crippen LogP contribution in [-0.2, 0) is 14.3 Å². The number of fused-ring (bicyclic) bond motifs is 1. The summed E-state index contributed by atoms with van der Waals surface area (Å²) >= 11 is 0. The van der Waals surface area contributed by atoms with Gasteiger partial charge in [0.05, 0.1) is 13.2 Å². The normalized spacial score (nSPS) is 26.6. The van der Waals surface area contributed by atoms with Gasteiger partial charge < -0.3 is 19.9 Å². The summed E-state index contributed by atoms with van der Waals surface area (Å²) in [5, 5.41) is 10.3. The molecule has 0 spiro atoms. The number of amides is 1. The molecule has 0 bridgehead atoms. The number of carbonyl (C=O) groups excluding carboxylic acids is 1. The van der Waals surface area contributed by atoms with Gasteiger partial charge in [-0.25, -0.2) is 4.79 Å². The number of halogens is 3. The fraction of sp³-hybridized carbons (Fsp3) is 0.619. The Kier molecular flexibility index (Phi) is 7.55. The molecule has 1 aromatic rings. The summed E-state index contributed by atoms with van der Waals surface area (Å²) in [6.07, 6.45) is -2.83. The van der Waals surface area contributed by atoms with Crippen molar-refractivity contribution in [1.82, 2.24) is 10.2 Å². The molecular formula is C21H27F3N2O5. The van der Waals surface area contributed by atoms with Crippen molar-refractivity contribution in [3.8, 4) is 0 Å². The van der Waals surface area contributed by atoms with E-state index in [1.165, 1.54) is 0 Å². The fourth-order valence-electron chi connectivity index (χ4n) is 4.40. The van der Waals surface area contributed by atoms with Crippen LogP contribution >= 0.6 is 0 Å². The second-order valence-corrected chi connectivity index (χ2v) is 8.20. The summed E-state index contributed by atoms with van der Waals surface area (Å²) < 4.78 is 43.0. The van der Waals surface area contributed by atoms with Crippen LogP contribution in [0.15, 0.2) is 30.3 Å². The minimum atomic E-state index is -5.08. The molecule has 3 aliphatic heterocycles. The average molecular weight is 444 g/mol. The van der Waals surface area contributed by atoms with Gasteiger partial charge in [-0.3, -0.25) is 9.69 Å². The molecule has 10 heteroatoms. The Morgan fingerprint density at radius 2 is 1.81 bits per heavy atom. The number of nitrogens with one attached hydrogen (secondary N) is 1. The summed E-state index contributed by atoms with van der Waals surface area (Å²) in [7, 11) is 0. The third-order valence-electron chi connectivity index (χ3n) is 6.13. The summed E-state index contributed by atoms with van der Waals surface area (Å²) in [6, 6.07) is 10.1. The smallest absolute Gasteiger partial charge is 0.475 e. The largest absolute Gasteiger partial charge is 0.490 e. The van der Waals surface area contributed by atoms with E-state index < -0.39 is 12.1 Å². The van der Waals surface area contributed by atoms with Gasteiger partial charge >= 0.3 is 12.1 Å². The number of nitrogens with zero attached hydrogens (tertiary/aromatic N) is 1. The standard InChI is InChI=1S/C19H26N2O3.C2HF3O2/c22-18(15-4-2-1-3-5-15)20-12-19-13-21(10-16(19)11-24-14-19)17-6-8-23-9-7-17;3-2(4,5)1(6)7/h1-5,16-17H,6-14H2,(H,20,22);(H,6,7)/t16-,19+;/m1./s1. The highest BCUT2D eigenvalue weighted by molar-refractivity contribution is 5.94. The van der Waals surface area contributed by atoms with Gasteiger partial charge in [0.1, 0.15) is 0 Å². The zero-order chi connectivity index (χ0) is 22.5. The summed E-state index contributed by atoms with van der Waals surface area (Å²) in [4.78, 5) is 23.9. The second-order valence-electron chi connectivity index (χ2n) is 8.20. The molecule has 0 unspecified atom stereocenters. The highest BCUT2D eigenvalue weighted by Gasteiger charge is 2.51. The third kappa shape index (κ3) is 5.96. The van der Waals surface area contributed by atoms with E-state index in [2.05, 4.69) is 10.2 Å². The van der Waals surface area contributed by atoms with Crippen molar-refractivity contribution in [3.63, 3.8) is 0 Å². The Balaban J connectivity index is 0.000000339. The molecule has 3 fully saturated rings. The van der Waals surface area contributed by atoms with E-state index in [4.69, 9.17) is 19.4 Å². The Bertz CT molecular complexity index is 755. The van der Waals surface area contributed by atoms with Crippen molar-refractivity contribution in [1.29, 1.82) is 0 Å². The van der Waals surface area contributed by atoms with Gasteiger partial charge in [-0.15, -0.1) is 0 Å². The lowest BCUT2D eigenvalue weighted by Crippen LogP contribution is -2.45. The lowest BCUT2D eigenvalue weighted by molar-refractivity contribution is -0.192. The number of likely N-dealkylation sites (tertiary alicyclic amines) is 1. The van der Waals surface area contributed by atoms with Crippen molar-refractivity contribution in [3.05, 3.63) is 35.9 Å². The molecule has 0 aliphatic carbocycles. The van der Waals surface area contributed by atoms with E-state index in [0.717, 1.165) is 57.9 Å². The summed E-state index contributed by atoms with van der Waals surface area (Å²) in [5.74, 6) is -2.22. The highest BCUT2D eigenvalue weighted by atomic mass is 19.4. The highest BCUT2D eigenvalue weighted by Crippen LogP contribution is 2.42. The van der Waals surface area contributed by atoms with Gasteiger partial charge in [0, 0.05) is 55.8 Å². The number of aliphatic carboxylic acids is 1. The molecule has 2 atom stereocenters. The minimum absolute atomic E-state index is 0.0140. The van der Waals surface area contributed by atoms with Gasteiger partial charge in [0.2, 0.25) is 0 Å². The topological polar surface area (TPSA) is 88.1 Å². The molecule has 31 heavy (non-hydrogen) atoms. The SMILES string of the molecule is O=C(NC[C@]12COC[C@H]1CN(C1CCOCC1)C2)c1ccccc1.O=C(O)C(F)(F)F. The van der Waals surface area contributed by atoms with Crippen LogP contribution in [0.1, 0.15) is 23.2 Å². The Hall–Kier alpha value is -2.17. The van der Waals surface area contributed by atoms with Crippen LogP contribution in [0.2, 0.25) is 0 Å². The number of hydrogen-bond donors (Lipinski definition) is 2. The zero-order valence-electron chi connectivity index (χ0n) is 17.1. The third-order valence-corrected chi connectivity index (χ3v) is 6.13. The zero-order valence-corrected chi connectivity index (χ0v) is 17.1. The van der Waals surface area contributed by atoms with Gasteiger partial charge in [-0.2, -0.15) is 13.2 Å². The van der Waals surface area contributed by atoms with E-state index in [1.807, 2.05) is 30.3 Å². The van der Waals surface area contributed by atoms with E-state index in [1.54, 1.807) is 0 Å². The van der Waals surface area contributed by atoms with Crippen molar-refractivity contribution in [2.24, 2.45) is 11.3 Å². The molecule has 1 amide bonds. The molecule has 3 heterocycles. The fourth-order valence-corrected chi connectivity index (χ4v) is 4.40. The van der Waals surface area contributed by atoms with E-state index in [-0.39, 0.29) is 11.3 Å². The lowest BCUT2D eigenvalue weighted by Gasteiger charge is -2.33. The van der Waals surface area contributed by atoms with Crippen LogP contribution in [0, 0.1) is 11.3 Å². The molecule has 0 radical (unpaired) electrons. The Morgan fingerprint density at radius 3 is 2.42 bits per heavy atom. The summed E-state index contributed by atoms with van der Waals surface area (Å²) in [6.45, 7) is 6.14. The first kappa shape index (κ1) is 23.5.